The van der Waals surface area contributed by atoms with Gasteiger partial charge in [0.25, 0.3) is 11.6 Å². The number of non-ortho nitro benzene ring substituents is 1. The van der Waals surface area contributed by atoms with E-state index in [1.807, 2.05) is 12.1 Å². The van der Waals surface area contributed by atoms with Gasteiger partial charge in [0.15, 0.2) is 5.17 Å². The van der Waals surface area contributed by atoms with Crippen LogP contribution in [-0.2, 0) is 16.1 Å². The predicted molar refractivity (Wildman–Crippen MR) is 142 cm³/mol. The molecule has 1 amide bonds. The zero-order valence-electron chi connectivity index (χ0n) is 20.1. The number of nitro benzene ring substituents is 1. The molecule has 0 aromatic heterocycles. The summed E-state index contributed by atoms with van der Waals surface area (Å²) in [5, 5.41) is 11.3. The highest BCUT2D eigenvalue weighted by Gasteiger charge is 2.30. The highest BCUT2D eigenvalue weighted by molar-refractivity contribution is 8.18. The third kappa shape index (κ3) is 6.42. The number of thioether (sulfide) groups is 1. The quantitative estimate of drug-likeness (QED) is 0.166. The van der Waals surface area contributed by atoms with Gasteiger partial charge < -0.3 is 9.47 Å². The maximum absolute atomic E-state index is 12.8. The van der Waals surface area contributed by atoms with Gasteiger partial charge in [-0.3, -0.25) is 19.8 Å². The molecule has 4 rings (SSSR count). The zero-order valence-corrected chi connectivity index (χ0v) is 20.9. The maximum atomic E-state index is 12.8. The first-order chi connectivity index (χ1) is 17.8. The minimum atomic E-state index is -0.443. The summed E-state index contributed by atoms with van der Waals surface area (Å²) < 4.78 is 10.8. The number of ether oxygens (including phenoxy) is 2. The van der Waals surface area contributed by atoms with E-state index in [0.29, 0.717) is 27.1 Å². The van der Waals surface area contributed by atoms with E-state index in [9.17, 15) is 19.7 Å². The van der Waals surface area contributed by atoms with Crippen molar-refractivity contribution < 1.29 is 24.0 Å². The lowest BCUT2D eigenvalue weighted by atomic mass is 10.2. The van der Waals surface area contributed by atoms with Crippen molar-refractivity contribution in [2.45, 2.75) is 13.5 Å². The van der Waals surface area contributed by atoms with Gasteiger partial charge in [0.1, 0.15) is 12.4 Å². The van der Waals surface area contributed by atoms with Crippen LogP contribution in [0, 0.1) is 10.1 Å². The molecule has 0 spiro atoms. The Bertz CT molecular complexity index is 1380. The van der Waals surface area contributed by atoms with Crippen LogP contribution < -0.4 is 4.74 Å². The summed E-state index contributed by atoms with van der Waals surface area (Å²) in [6.07, 6.45) is 1.78. The van der Waals surface area contributed by atoms with E-state index in [1.54, 1.807) is 68.6 Å². The number of nitrogens with zero attached hydrogens (tertiary/aromatic N) is 3. The van der Waals surface area contributed by atoms with E-state index in [4.69, 9.17) is 9.47 Å². The summed E-state index contributed by atoms with van der Waals surface area (Å²) in [4.78, 5) is 41.6. The molecule has 0 saturated carbocycles. The predicted octanol–water partition coefficient (Wildman–Crippen LogP) is 5.58. The largest absolute Gasteiger partial charge is 0.489 e. The Kier molecular flexibility index (Phi) is 7.99. The van der Waals surface area contributed by atoms with Crippen LogP contribution in [0.5, 0.6) is 5.75 Å². The number of amidine groups is 1. The van der Waals surface area contributed by atoms with E-state index in [1.165, 1.54) is 28.8 Å². The SMILES string of the molecule is CCOC(=O)c1cccc(N=C2SC(=Cc3ccc(OCc4ccc([N+](=O)[O-])cc4)cc3)C(=O)N2C)c1. The molecular weight excluding hydrogens is 494 g/mol. The monoisotopic (exact) mass is 517 g/mol. The molecule has 0 bridgehead atoms. The number of esters is 1. The number of aliphatic imine (C=N–C) groups is 1. The van der Waals surface area contributed by atoms with Gasteiger partial charge in [0.05, 0.1) is 27.7 Å². The Labute approximate surface area is 217 Å². The molecule has 188 valence electrons. The molecule has 3 aromatic rings. The molecule has 3 aromatic carbocycles. The molecular formula is C27H23N3O6S. The number of hydrogen-bond acceptors (Lipinski definition) is 8. The normalized spacial score (nSPS) is 15.3. The number of benzene rings is 3. The fraction of sp³-hybridized carbons (Fsp3) is 0.148. The Balaban J connectivity index is 1.42. The van der Waals surface area contributed by atoms with Crippen LogP contribution in [0.25, 0.3) is 6.08 Å². The zero-order chi connectivity index (χ0) is 26.4. The van der Waals surface area contributed by atoms with Crippen LogP contribution in [0.3, 0.4) is 0 Å². The van der Waals surface area contributed by atoms with Gasteiger partial charge >= 0.3 is 5.97 Å². The van der Waals surface area contributed by atoms with E-state index in [2.05, 4.69) is 4.99 Å². The standard InChI is InChI=1S/C27H23N3O6S/c1-3-35-26(32)20-5-4-6-21(16-20)28-27-29(2)25(31)24(37-27)15-18-9-13-23(14-10-18)36-17-19-7-11-22(12-8-19)30(33)34/h4-16H,3,17H2,1-2H3. The van der Waals surface area contributed by atoms with Crippen molar-refractivity contribution >= 4 is 46.3 Å². The van der Waals surface area contributed by atoms with Crippen LogP contribution in [0.15, 0.2) is 82.7 Å². The first-order valence-corrected chi connectivity index (χ1v) is 12.2. The number of carbonyl (C=O) groups is 2. The minimum absolute atomic E-state index is 0.0320. The molecule has 0 unspecified atom stereocenters. The number of carbonyl (C=O) groups excluding carboxylic acids is 2. The molecule has 9 nitrogen and oxygen atoms in total. The van der Waals surface area contributed by atoms with Crippen molar-refractivity contribution in [3.63, 3.8) is 0 Å². The third-order valence-corrected chi connectivity index (χ3v) is 6.38. The van der Waals surface area contributed by atoms with Crippen molar-refractivity contribution in [3.8, 4) is 5.75 Å². The van der Waals surface area contributed by atoms with Crippen molar-refractivity contribution in [3.05, 3.63) is 105 Å². The van der Waals surface area contributed by atoms with Crippen molar-refractivity contribution in [1.82, 2.24) is 4.90 Å². The lowest BCUT2D eigenvalue weighted by Crippen LogP contribution is -2.23. The molecule has 37 heavy (non-hydrogen) atoms. The minimum Gasteiger partial charge on any atom is -0.489 e. The molecule has 0 radical (unpaired) electrons. The number of rotatable bonds is 8. The summed E-state index contributed by atoms with van der Waals surface area (Å²) in [5.41, 5.74) is 2.60. The Morgan fingerprint density at radius 1 is 1.11 bits per heavy atom. The van der Waals surface area contributed by atoms with Gasteiger partial charge in [-0.2, -0.15) is 0 Å². The van der Waals surface area contributed by atoms with Crippen LogP contribution in [0.1, 0.15) is 28.4 Å². The van der Waals surface area contributed by atoms with Gasteiger partial charge in [-0.25, -0.2) is 9.79 Å². The molecule has 0 aliphatic carbocycles. The van der Waals surface area contributed by atoms with E-state index < -0.39 is 10.9 Å². The Morgan fingerprint density at radius 3 is 2.51 bits per heavy atom. The van der Waals surface area contributed by atoms with Crippen molar-refractivity contribution in [1.29, 1.82) is 0 Å². The van der Waals surface area contributed by atoms with Crippen LogP contribution in [-0.4, -0.2) is 40.5 Å². The summed E-state index contributed by atoms with van der Waals surface area (Å²) in [5.74, 6) is 0.0318. The smallest absolute Gasteiger partial charge is 0.338 e. The maximum Gasteiger partial charge on any atom is 0.338 e. The van der Waals surface area contributed by atoms with E-state index in [0.717, 1.165) is 11.1 Å². The fourth-order valence-corrected chi connectivity index (χ4v) is 4.36. The highest BCUT2D eigenvalue weighted by atomic mass is 32.2. The third-order valence-electron chi connectivity index (χ3n) is 5.32. The van der Waals surface area contributed by atoms with Crippen LogP contribution in [0.4, 0.5) is 11.4 Å². The molecule has 0 N–H and O–H groups in total. The summed E-state index contributed by atoms with van der Waals surface area (Å²) in [6, 6.07) is 20.2. The second-order valence-corrected chi connectivity index (χ2v) is 8.93. The van der Waals surface area contributed by atoms with Gasteiger partial charge in [-0.05, 0) is 78.4 Å². The summed E-state index contributed by atoms with van der Waals surface area (Å²) >= 11 is 1.25. The molecule has 1 heterocycles. The van der Waals surface area contributed by atoms with Crippen molar-refractivity contribution in [2.75, 3.05) is 13.7 Å². The molecule has 1 fully saturated rings. The average Bonchev–Trinajstić information content (AvgIpc) is 3.16. The average molecular weight is 518 g/mol. The second kappa shape index (κ2) is 11.5. The second-order valence-electron chi connectivity index (χ2n) is 7.92. The molecule has 1 aliphatic rings. The lowest BCUT2D eigenvalue weighted by molar-refractivity contribution is -0.384. The number of nitro groups is 1. The lowest BCUT2D eigenvalue weighted by Gasteiger charge is -2.08. The highest BCUT2D eigenvalue weighted by Crippen LogP contribution is 2.33. The van der Waals surface area contributed by atoms with Crippen molar-refractivity contribution in [2.24, 2.45) is 4.99 Å². The number of amides is 1. The first kappa shape index (κ1) is 25.6. The van der Waals surface area contributed by atoms with Gasteiger partial charge in [-0.1, -0.05) is 18.2 Å². The Morgan fingerprint density at radius 2 is 1.84 bits per heavy atom. The van der Waals surface area contributed by atoms with E-state index in [-0.39, 0.29) is 24.8 Å². The van der Waals surface area contributed by atoms with Gasteiger partial charge in [0.2, 0.25) is 0 Å². The molecule has 0 atom stereocenters. The molecule has 10 heteroatoms. The van der Waals surface area contributed by atoms with Gasteiger partial charge in [-0.15, -0.1) is 0 Å². The topological polar surface area (TPSA) is 111 Å². The summed E-state index contributed by atoms with van der Waals surface area (Å²) in [7, 11) is 1.65. The molecule has 1 saturated heterocycles. The Hall–Kier alpha value is -4.44. The van der Waals surface area contributed by atoms with E-state index >= 15 is 0 Å². The summed E-state index contributed by atoms with van der Waals surface area (Å²) in [6.45, 7) is 2.30. The fourth-order valence-electron chi connectivity index (χ4n) is 3.37. The van der Waals surface area contributed by atoms with Crippen LogP contribution >= 0.6 is 11.8 Å². The molecule has 1 aliphatic heterocycles. The van der Waals surface area contributed by atoms with Gasteiger partial charge in [0, 0.05) is 19.2 Å². The number of hydrogen-bond donors (Lipinski definition) is 0. The first-order valence-electron chi connectivity index (χ1n) is 11.3. The number of likely N-dealkylation sites (N-methyl/N-ethyl adjacent to an activating group) is 1. The van der Waals surface area contributed by atoms with Crippen LogP contribution in [0.2, 0.25) is 0 Å².